The summed E-state index contributed by atoms with van der Waals surface area (Å²) in [4.78, 5) is 16.6. The summed E-state index contributed by atoms with van der Waals surface area (Å²) >= 11 is 0. The van der Waals surface area contributed by atoms with Crippen LogP contribution < -0.4 is 16.4 Å². The summed E-state index contributed by atoms with van der Waals surface area (Å²) in [5, 5.41) is 9.20. The standard InChI is InChI=1S/C21H31F5N6O3/c1-18(2,3)35-17(33)31-15(10-34-19(4,5)21(24,25)26)14-9-32-16(30-14)6-13(8-29-32)7-28-12-20(22,23)11-27/h6,8-9,15,28H,7,10-12,27H2,1-5H3,(H,31,33)/t15-/m0/s1. The van der Waals surface area contributed by atoms with Gasteiger partial charge in [-0.05, 0) is 46.2 Å². The van der Waals surface area contributed by atoms with Crippen LogP contribution in [-0.4, -0.2) is 63.7 Å². The van der Waals surface area contributed by atoms with Crippen molar-refractivity contribution in [3.8, 4) is 0 Å². The molecule has 0 fully saturated rings. The Bertz CT molecular complexity index is 1000. The molecule has 0 radical (unpaired) electrons. The van der Waals surface area contributed by atoms with Gasteiger partial charge in [0.25, 0.3) is 5.92 Å². The second-order valence-corrected chi connectivity index (χ2v) is 9.51. The molecule has 0 bridgehead atoms. The maximum absolute atomic E-state index is 13.3. The molecule has 14 heteroatoms. The van der Waals surface area contributed by atoms with E-state index < -0.39 is 55.1 Å². The highest BCUT2D eigenvalue weighted by Crippen LogP contribution is 2.33. The molecule has 0 unspecified atom stereocenters. The van der Waals surface area contributed by atoms with Crippen LogP contribution in [0, 0.1) is 0 Å². The molecule has 0 aliphatic heterocycles. The fourth-order valence-corrected chi connectivity index (χ4v) is 2.68. The van der Waals surface area contributed by atoms with Crippen molar-refractivity contribution in [1.29, 1.82) is 0 Å². The number of nitrogens with two attached hydrogens (primary N) is 1. The number of ether oxygens (including phenoxy) is 2. The minimum atomic E-state index is -4.65. The molecular weight excluding hydrogens is 479 g/mol. The Morgan fingerprint density at radius 1 is 1.17 bits per heavy atom. The van der Waals surface area contributed by atoms with E-state index in [9.17, 15) is 26.7 Å². The molecule has 0 spiro atoms. The van der Waals surface area contributed by atoms with Crippen LogP contribution in [0.5, 0.6) is 0 Å². The molecular formula is C21H31F5N6O3. The molecule has 1 amide bonds. The first kappa shape index (κ1) is 28.7. The number of nitrogens with one attached hydrogen (secondary N) is 2. The number of imidazole rings is 1. The number of amides is 1. The predicted octanol–water partition coefficient (Wildman–Crippen LogP) is 3.34. The van der Waals surface area contributed by atoms with Crippen molar-refractivity contribution in [3.63, 3.8) is 0 Å². The van der Waals surface area contributed by atoms with E-state index >= 15 is 0 Å². The van der Waals surface area contributed by atoms with E-state index in [4.69, 9.17) is 15.2 Å². The van der Waals surface area contributed by atoms with Gasteiger partial charge in [0.2, 0.25) is 0 Å². The fourth-order valence-electron chi connectivity index (χ4n) is 2.68. The van der Waals surface area contributed by atoms with Crippen molar-refractivity contribution in [2.75, 3.05) is 19.7 Å². The molecule has 0 saturated carbocycles. The number of hydrogen-bond acceptors (Lipinski definition) is 7. The SMILES string of the molecule is CC(C)(C)OC(=O)N[C@@H](COC(C)(C)C(F)(F)F)c1cn2ncc(CNCC(F)(F)CN)cc2n1. The van der Waals surface area contributed by atoms with E-state index in [0.29, 0.717) is 5.56 Å². The number of nitrogens with zero attached hydrogens (tertiary/aromatic N) is 3. The third kappa shape index (κ3) is 8.54. The lowest BCUT2D eigenvalue weighted by atomic mass is 10.1. The highest BCUT2D eigenvalue weighted by atomic mass is 19.4. The number of carbonyl (C=O) groups excluding carboxylic acids is 1. The Hall–Kier alpha value is -2.58. The topological polar surface area (TPSA) is 116 Å². The van der Waals surface area contributed by atoms with Crippen LogP contribution in [0.2, 0.25) is 0 Å². The first-order valence-electron chi connectivity index (χ1n) is 10.8. The lowest BCUT2D eigenvalue weighted by Gasteiger charge is -2.30. The smallest absolute Gasteiger partial charge is 0.416 e. The van der Waals surface area contributed by atoms with Crippen LogP contribution in [0.1, 0.15) is 51.9 Å². The zero-order valence-corrected chi connectivity index (χ0v) is 20.2. The molecule has 0 aromatic carbocycles. The van der Waals surface area contributed by atoms with Gasteiger partial charge in [-0.3, -0.25) is 0 Å². The van der Waals surface area contributed by atoms with E-state index in [2.05, 4.69) is 20.7 Å². The molecule has 9 nitrogen and oxygen atoms in total. The van der Waals surface area contributed by atoms with Gasteiger partial charge in [-0.15, -0.1) is 0 Å². The zero-order valence-electron chi connectivity index (χ0n) is 20.2. The minimum Gasteiger partial charge on any atom is -0.444 e. The predicted molar refractivity (Wildman–Crippen MR) is 117 cm³/mol. The van der Waals surface area contributed by atoms with E-state index in [1.807, 2.05) is 0 Å². The van der Waals surface area contributed by atoms with Gasteiger partial charge in [0.05, 0.1) is 43.8 Å². The monoisotopic (exact) mass is 510 g/mol. The van der Waals surface area contributed by atoms with Gasteiger partial charge in [-0.2, -0.15) is 18.3 Å². The van der Waals surface area contributed by atoms with E-state index in [1.54, 1.807) is 26.8 Å². The normalized spacial score (nSPS) is 14.3. The van der Waals surface area contributed by atoms with E-state index in [-0.39, 0.29) is 17.9 Å². The van der Waals surface area contributed by atoms with Crippen LogP contribution in [0.3, 0.4) is 0 Å². The van der Waals surface area contributed by atoms with Crippen LogP contribution in [0.25, 0.3) is 5.65 Å². The number of fused-ring (bicyclic) bond motifs is 1. The number of aromatic nitrogens is 3. The third-order valence-corrected chi connectivity index (χ3v) is 4.75. The molecule has 2 heterocycles. The quantitative estimate of drug-likeness (QED) is 0.420. The number of rotatable bonds is 10. The number of carbonyl (C=O) groups is 1. The van der Waals surface area contributed by atoms with Gasteiger partial charge in [0, 0.05) is 6.54 Å². The highest BCUT2D eigenvalue weighted by molar-refractivity contribution is 5.68. The molecule has 198 valence electrons. The maximum Gasteiger partial charge on any atom is 0.416 e. The van der Waals surface area contributed by atoms with Crippen LogP contribution in [0.15, 0.2) is 18.5 Å². The Labute approximate surface area is 199 Å². The molecule has 0 aliphatic carbocycles. The summed E-state index contributed by atoms with van der Waals surface area (Å²) in [5.41, 5.74) is 2.67. The van der Waals surface area contributed by atoms with Crippen molar-refractivity contribution < 1.29 is 36.2 Å². The molecule has 1 atom stereocenters. The average molecular weight is 511 g/mol. The molecule has 2 aromatic rings. The molecule has 0 aliphatic rings. The summed E-state index contributed by atoms with van der Waals surface area (Å²) in [5.74, 6) is -3.05. The zero-order chi connectivity index (χ0) is 26.7. The minimum absolute atomic E-state index is 0.0593. The third-order valence-electron chi connectivity index (χ3n) is 4.75. The van der Waals surface area contributed by atoms with Crippen LogP contribution in [0.4, 0.5) is 26.7 Å². The largest absolute Gasteiger partial charge is 0.444 e. The Morgan fingerprint density at radius 3 is 2.40 bits per heavy atom. The van der Waals surface area contributed by atoms with E-state index in [1.165, 1.54) is 16.9 Å². The molecule has 2 rings (SSSR count). The second-order valence-electron chi connectivity index (χ2n) is 9.51. The number of alkyl carbamates (subject to hydrolysis) is 1. The Balaban J connectivity index is 2.24. The molecule has 0 saturated heterocycles. The van der Waals surface area contributed by atoms with Gasteiger partial charge in [-0.25, -0.2) is 23.1 Å². The number of hydrogen-bond donors (Lipinski definition) is 3. The summed E-state index contributed by atoms with van der Waals surface area (Å²) in [7, 11) is 0. The molecule has 35 heavy (non-hydrogen) atoms. The van der Waals surface area contributed by atoms with Gasteiger partial charge in [-0.1, -0.05) is 0 Å². The van der Waals surface area contributed by atoms with Crippen LogP contribution in [-0.2, 0) is 16.0 Å². The Morgan fingerprint density at radius 2 is 1.83 bits per heavy atom. The summed E-state index contributed by atoms with van der Waals surface area (Å²) in [6.45, 7) is 4.74. The number of alkyl halides is 5. The first-order valence-corrected chi connectivity index (χ1v) is 10.8. The van der Waals surface area contributed by atoms with E-state index in [0.717, 1.165) is 13.8 Å². The summed E-state index contributed by atoms with van der Waals surface area (Å²) < 4.78 is 78.0. The van der Waals surface area contributed by atoms with Crippen molar-refractivity contribution in [3.05, 3.63) is 29.7 Å². The van der Waals surface area contributed by atoms with Crippen molar-refractivity contribution in [1.82, 2.24) is 25.2 Å². The van der Waals surface area contributed by atoms with Gasteiger partial charge >= 0.3 is 12.3 Å². The second kappa shape index (κ2) is 10.6. The van der Waals surface area contributed by atoms with Crippen molar-refractivity contribution in [2.24, 2.45) is 5.73 Å². The summed E-state index contributed by atoms with van der Waals surface area (Å²) in [6.07, 6.45) is -2.68. The van der Waals surface area contributed by atoms with Crippen molar-refractivity contribution in [2.45, 2.75) is 70.5 Å². The Kier molecular flexibility index (Phi) is 8.66. The first-order chi connectivity index (χ1) is 15.9. The number of halogens is 5. The van der Waals surface area contributed by atoms with Gasteiger partial charge < -0.3 is 25.8 Å². The lowest BCUT2D eigenvalue weighted by molar-refractivity contribution is -0.265. The maximum atomic E-state index is 13.3. The lowest BCUT2D eigenvalue weighted by Crippen LogP contribution is -2.44. The van der Waals surface area contributed by atoms with Gasteiger partial charge in [0.1, 0.15) is 5.60 Å². The molecule has 4 N–H and O–H groups in total. The fraction of sp³-hybridized carbons (Fsp3) is 0.667. The van der Waals surface area contributed by atoms with Crippen LogP contribution >= 0.6 is 0 Å². The molecule has 2 aromatic heterocycles. The van der Waals surface area contributed by atoms with Crippen molar-refractivity contribution >= 4 is 11.7 Å². The highest BCUT2D eigenvalue weighted by Gasteiger charge is 2.49. The van der Waals surface area contributed by atoms with Gasteiger partial charge in [0.15, 0.2) is 11.2 Å². The average Bonchev–Trinajstić information content (AvgIpc) is 3.12. The summed E-state index contributed by atoms with van der Waals surface area (Å²) in [6, 6.07) is 0.466.